The van der Waals surface area contributed by atoms with Gasteiger partial charge in [0.05, 0.1) is 6.10 Å². The molecule has 4 unspecified atom stereocenters. The molecule has 2 aliphatic carbocycles. The first-order valence-electron chi connectivity index (χ1n) is 7.85. The van der Waals surface area contributed by atoms with Crippen molar-refractivity contribution in [1.29, 1.82) is 0 Å². The van der Waals surface area contributed by atoms with E-state index in [-0.39, 0.29) is 6.10 Å². The van der Waals surface area contributed by atoms with Gasteiger partial charge in [-0.05, 0) is 49.4 Å². The van der Waals surface area contributed by atoms with Gasteiger partial charge in [-0.25, -0.2) is 0 Å². The van der Waals surface area contributed by atoms with Crippen molar-refractivity contribution < 1.29 is 5.11 Å². The minimum atomic E-state index is -0.00875. The molecule has 2 rings (SSSR count). The van der Waals surface area contributed by atoms with Gasteiger partial charge < -0.3 is 5.11 Å². The van der Waals surface area contributed by atoms with E-state index in [4.69, 9.17) is 0 Å². The highest BCUT2D eigenvalue weighted by molar-refractivity contribution is 4.80. The second-order valence-electron chi connectivity index (χ2n) is 6.82. The lowest BCUT2D eigenvalue weighted by molar-refractivity contribution is 0.0463. The van der Waals surface area contributed by atoms with Gasteiger partial charge in [-0.3, -0.25) is 0 Å². The van der Waals surface area contributed by atoms with Crippen LogP contribution in [-0.4, -0.2) is 11.2 Å². The van der Waals surface area contributed by atoms with Gasteiger partial charge in [-0.2, -0.15) is 0 Å². The van der Waals surface area contributed by atoms with Gasteiger partial charge >= 0.3 is 0 Å². The lowest BCUT2D eigenvalue weighted by atomic mass is 9.73. The molecule has 0 aromatic rings. The Morgan fingerprint density at radius 3 is 2.35 bits per heavy atom. The van der Waals surface area contributed by atoms with Crippen LogP contribution in [0.4, 0.5) is 0 Å². The van der Waals surface area contributed by atoms with Crippen LogP contribution >= 0.6 is 0 Å². The maximum atomic E-state index is 10.3. The average molecular weight is 238 g/mol. The summed E-state index contributed by atoms with van der Waals surface area (Å²) >= 11 is 0. The van der Waals surface area contributed by atoms with E-state index in [1.54, 1.807) is 0 Å². The summed E-state index contributed by atoms with van der Waals surface area (Å²) in [7, 11) is 0. The Bertz CT molecular complexity index is 220. The Balaban J connectivity index is 1.70. The van der Waals surface area contributed by atoms with E-state index in [9.17, 15) is 5.11 Å². The van der Waals surface area contributed by atoms with Crippen LogP contribution in [0, 0.1) is 23.7 Å². The topological polar surface area (TPSA) is 20.2 Å². The molecule has 0 heterocycles. The first-order valence-corrected chi connectivity index (χ1v) is 7.85. The molecule has 0 aliphatic heterocycles. The van der Waals surface area contributed by atoms with Crippen LogP contribution in [0.25, 0.3) is 0 Å². The molecule has 0 amide bonds. The van der Waals surface area contributed by atoms with Crippen molar-refractivity contribution >= 4 is 0 Å². The molecular formula is C16H30O. The van der Waals surface area contributed by atoms with E-state index in [0.717, 1.165) is 24.2 Å². The van der Waals surface area contributed by atoms with E-state index in [0.29, 0.717) is 5.92 Å². The number of hydrogen-bond acceptors (Lipinski definition) is 1. The quantitative estimate of drug-likeness (QED) is 0.770. The smallest absolute Gasteiger partial charge is 0.0568 e. The Hall–Kier alpha value is -0.0400. The third kappa shape index (κ3) is 3.71. The minimum Gasteiger partial charge on any atom is -0.393 e. The Labute approximate surface area is 107 Å². The maximum Gasteiger partial charge on any atom is 0.0568 e. The molecule has 0 aromatic carbocycles. The lowest BCUT2D eigenvalue weighted by Crippen LogP contribution is -2.29. The summed E-state index contributed by atoms with van der Waals surface area (Å²) in [5, 5.41) is 10.3. The molecule has 1 nitrogen and oxygen atoms in total. The van der Waals surface area contributed by atoms with Gasteiger partial charge in [0.2, 0.25) is 0 Å². The monoisotopic (exact) mass is 238 g/mol. The van der Waals surface area contributed by atoms with Gasteiger partial charge in [-0.1, -0.05) is 46.0 Å². The largest absolute Gasteiger partial charge is 0.393 e. The summed E-state index contributed by atoms with van der Waals surface area (Å²) in [6.07, 6.45) is 11.9. The third-order valence-corrected chi connectivity index (χ3v) is 5.53. The molecule has 0 saturated heterocycles. The van der Waals surface area contributed by atoms with Crippen molar-refractivity contribution in [3.63, 3.8) is 0 Å². The van der Waals surface area contributed by atoms with Gasteiger partial charge in [0.1, 0.15) is 0 Å². The Morgan fingerprint density at radius 2 is 1.71 bits per heavy atom. The summed E-state index contributed by atoms with van der Waals surface area (Å²) in [5.41, 5.74) is 0. The first kappa shape index (κ1) is 13.4. The fourth-order valence-electron chi connectivity index (χ4n) is 3.88. The zero-order valence-corrected chi connectivity index (χ0v) is 11.7. The van der Waals surface area contributed by atoms with Crippen LogP contribution in [0.15, 0.2) is 0 Å². The van der Waals surface area contributed by atoms with Crippen molar-refractivity contribution in [3.05, 3.63) is 0 Å². The molecule has 2 saturated carbocycles. The summed E-state index contributed by atoms with van der Waals surface area (Å²) in [5.74, 6) is 3.22. The van der Waals surface area contributed by atoms with E-state index in [1.807, 2.05) is 0 Å². The predicted octanol–water partition coefficient (Wildman–Crippen LogP) is 4.39. The van der Waals surface area contributed by atoms with E-state index >= 15 is 0 Å². The number of hydrogen-bond donors (Lipinski definition) is 1. The van der Waals surface area contributed by atoms with E-state index in [2.05, 4.69) is 13.8 Å². The van der Waals surface area contributed by atoms with Crippen molar-refractivity contribution in [2.24, 2.45) is 23.7 Å². The van der Waals surface area contributed by atoms with Crippen molar-refractivity contribution in [1.82, 2.24) is 0 Å². The van der Waals surface area contributed by atoms with Gasteiger partial charge in [0, 0.05) is 0 Å². The third-order valence-electron chi connectivity index (χ3n) is 5.53. The fourth-order valence-corrected chi connectivity index (χ4v) is 3.88. The number of rotatable bonds is 4. The highest BCUT2D eigenvalue weighted by Gasteiger charge is 2.29. The van der Waals surface area contributed by atoms with Crippen LogP contribution in [0.2, 0.25) is 0 Å². The molecule has 100 valence electrons. The summed E-state index contributed by atoms with van der Waals surface area (Å²) < 4.78 is 0. The molecule has 0 radical (unpaired) electrons. The molecule has 1 heteroatoms. The second-order valence-corrected chi connectivity index (χ2v) is 6.82. The molecule has 0 aromatic heterocycles. The first-order chi connectivity index (χ1) is 8.16. The molecule has 17 heavy (non-hydrogen) atoms. The van der Waals surface area contributed by atoms with Gasteiger partial charge in [-0.15, -0.1) is 0 Å². The van der Waals surface area contributed by atoms with Crippen LogP contribution in [-0.2, 0) is 0 Å². The molecule has 0 bridgehead atoms. The van der Waals surface area contributed by atoms with Crippen LogP contribution < -0.4 is 0 Å². The Kier molecular flexibility index (Phi) is 4.90. The van der Waals surface area contributed by atoms with Crippen LogP contribution in [0.1, 0.15) is 71.6 Å². The number of aliphatic hydroxyl groups excluding tert-OH is 1. The van der Waals surface area contributed by atoms with Crippen LogP contribution in [0.5, 0.6) is 0 Å². The SMILES string of the molecule is CC1CCC(C(O)CCC2CCCC2)CC1C. The van der Waals surface area contributed by atoms with Crippen molar-refractivity contribution in [3.8, 4) is 0 Å². The van der Waals surface area contributed by atoms with Crippen LogP contribution in [0.3, 0.4) is 0 Å². The molecule has 0 spiro atoms. The van der Waals surface area contributed by atoms with Gasteiger partial charge in [0.15, 0.2) is 0 Å². The highest BCUT2D eigenvalue weighted by atomic mass is 16.3. The zero-order chi connectivity index (χ0) is 12.3. The summed E-state index contributed by atoms with van der Waals surface area (Å²) in [4.78, 5) is 0. The van der Waals surface area contributed by atoms with Crippen molar-refractivity contribution in [2.45, 2.75) is 77.7 Å². The fraction of sp³-hybridized carbons (Fsp3) is 1.00. The van der Waals surface area contributed by atoms with E-state index in [1.165, 1.54) is 51.4 Å². The zero-order valence-electron chi connectivity index (χ0n) is 11.7. The summed E-state index contributed by atoms with van der Waals surface area (Å²) in [6, 6.07) is 0. The van der Waals surface area contributed by atoms with E-state index < -0.39 is 0 Å². The molecular weight excluding hydrogens is 208 g/mol. The molecule has 2 fully saturated rings. The normalized spacial score (nSPS) is 37.2. The maximum absolute atomic E-state index is 10.3. The highest BCUT2D eigenvalue weighted by Crippen LogP contribution is 2.37. The molecule has 4 atom stereocenters. The predicted molar refractivity (Wildman–Crippen MR) is 72.9 cm³/mol. The Morgan fingerprint density at radius 1 is 1.00 bits per heavy atom. The molecule has 2 aliphatic rings. The summed E-state index contributed by atoms with van der Waals surface area (Å²) in [6.45, 7) is 4.73. The lowest BCUT2D eigenvalue weighted by Gasteiger charge is -2.35. The van der Waals surface area contributed by atoms with Crippen molar-refractivity contribution in [2.75, 3.05) is 0 Å². The molecule has 1 N–H and O–H groups in total. The second kappa shape index (κ2) is 6.22. The minimum absolute atomic E-state index is 0.00875. The number of aliphatic hydroxyl groups is 1. The van der Waals surface area contributed by atoms with Gasteiger partial charge in [0.25, 0.3) is 0 Å². The average Bonchev–Trinajstić information content (AvgIpc) is 2.82. The standard InChI is InChI=1S/C16H30O/c1-12-7-9-15(11-13(12)2)16(17)10-8-14-5-3-4-6-14/h12-17H,3-11H2,1-2H3.